The molecule has 0 aliphatic heterocycles. The van der Waals surface area contributed by atoms with Crippen LogP contribution in [0.25, 0.3) is 0 Å². The van der Waals surface area contributed by atoms with Crippen molar-refractivity contribution < 1.29 is 23.6 Å². The fourth-order valence-electron chi connectivity index (χ4n) is 2.15. The number of nitrogens with two attached hydrogens (primary N) is 1. The zero-order valence-electron chi connectivity index (χ0n) is 24.6. The maximum atomic E-state index is 12.5. The van der Waals surface area contributed by atoms with Crippen molar-refractivity contribution >= 4 is 28.1 Å². The van der Waals surface area contributed by atoms with Gasteiger partial charge in [-0.25, -0.2) is 4.98 Å². The lowest BCUT2D eigenvalue weighted by molar-refractivity contribution is -0.115. The molecule has 0 aliphatic carbocycles. The molecule has 1 atom stereocenters. The summed E-state index contributed by atoms with van der Waals surface area (Å²) in [4.78, 5) is 16.2. The summed E-state index contributed by atoms with van der Waals surface area (Å²) in [6, 6.07) is 2.72. The van der Waals surface area contributed by atoms with E-state index < -0.39 is 60.7 Å². The van der Waals surface area contributed by atoms with E-state index in [4.69, 9.17) is 19.4 Å². The Morgan fingerprint density at radius 1 is 1.29 bits per heavy atom. The number of nitrogen functional groups attached to an aromatic ring is 1. The lowest BCUT2D eigenvalue weighted by Crippen LogP contribution is -2.23. The predicted octanol–water partition coefficient (Wildman–Crippen LogP) is 2.77. The Morgan fingerprint density at radius 2 is 2.04 bits per heavy atom. The molecule has 0 radical (unpaired) electrons. The van der Waals surface area contributed by atoms with E-state index in [1.807, 2.05) is 0 Å². The smallest absolute Gasteiger partial charge is 0.230 e. The van der Waals surface area contributed by atoms with Gasteiger partial charge in [-0.15, -0.1) is 11.3 Å². The van der Waals surface area contributed by atoms with Gasteiger partial charge in [0.15, 0.2) is 5.13 Å². The van der Waals surface area contributed by atoms with Crippen molar-refractivity contribution in [3.8, 4) is 0 Å². The third-order valence-corrected chi connectivity index (χ3v) is 4.05. The fourth-order valence-corrected chi connectivity index (χ4v) is 2.59. The number of thiazole rings is 1. The first-order chi connectivity index (χ1) is 17.6. The van der Waals surface area contributed by atoms with E-state index in [9.17, 15) is 9.90 Å². The largest absolute Gasteiger partial charge is 0.387 e. The number of hydrogen-bond acceptors (Lipinski definition) is 6. The number of nitrogens with zero attached hydrogens (tertiary/aromatic N) is 1. The highest BCUT2D eigenvalue weighted by molar-refractivity contribution is 7.13. The maximum absolute atomic E-state index is 12.5. The van der Waals surface area contributed by atoms with Gasteiger partial charge in [0.2, 0.25) is 5.91 Å². The van der Waals surface area contributed by atoms with E-state index in [2.05, 4.69) is 15.6 Å². The van der Waals surface area contributed by atoms with Crippen LogP contribution in [-0.2, 0) is 17.5 Å². The van der Waals surface area contributed by atoms with Crippen LogP contribution < -0.4 is 16.4 Å². The van der Waals surface area contributed by atoms with Crippen molar-refractivity contribution in [1.82, 2.24) is 10.3 Å². The van der Waals surface area contributed by atoms with Gasteiger partial charge in [0.25, 0.3) is 0 Å². The topological polar surface area (TPSA) is 100 Å². The summed E-state index contributed by atoms with van der Waals surface area (Å²) in [6.45, 7) is -0.579. The molecule has 0 bridgehead atoms. The van der Waals surface area contributed by atoms with E-state index in [1.165, 1.54) is 24.3 Å². The number of aliphatic hydroxyl groups is 1. The van der Waals surface area contributed by atoms with E-state index >= 15 is 0 Å². The third kappa shape index (κ3) is 6.16. The summed E-state index contributed by atoms with van der Waals surface area (Å²) >= 11 is 0.742. The Morgan fingerprint density at radius 3 is 2.71 bits per heavy atom. The number of aliphatic hydroxyl groups excluding tert-OH is 1. The van der Waals surface area contributed by atoms with Gasteiger partial charge in [-0.05, 0) is 36.2 Å². The van der Waals surface area contributed by atoms with Crippen molar-refractivity contribution in [2.75, 3.05) is 24.1 Å². The molecule has 3 rings (SSSR count). The number of carbonyl (C=O) groups is 1. The van der Waals surface area contributed by atoms with E-state index in [1.54, 1.807) is 0 Å². The Labute approximate surface area is 182 Å². The summed E-state index contributed by atoms with van der Waals surface area (Å²) in [5.41, 5.74) is 5.18. The molecule has 5 N–H and O–H groups in total. The van der Waals surface area contributed by atoms with Crippen molar-refractivity contribution in [3.63, 3.8) is 0 Å². The van der Waals surface area contributed by atoms with Crippen LogP contribution in [0.2, 0.25) is 0 Å². The molecule has 28 heavy (non-hydrogen) atoms. The molecular weight excluding hydrogens is 372 g/mol. The van der Waals surface area contributed by atoms with Gasteiger partial charge in [0.05, 0.1) is 26.4 Å². The first-order valence-corrected chi connectivity index (χ1v) is 9.00. The molecule has 0 saturated carbocycles. The van der Waals surface area contributed by atoms with E-state index in [0.29, 0.717) is 0 Å². The number of anilines is 2. The average molecular weight is 407 g/mol. The Hall–Kier alpha value is -2.74. The van der Waals surface area contributed by atoms with E-state index in [-0.39, 0.29) is 40.4 Å². The molecule has 146 valence electrons. The number of hydrogen-bond donors (Lipinski definition) is 4. The predicted molar refractivity (Wildman–Crippen MR) is 113 cm³/mol. The molecule has 2 aromatic carbocycles. The molecule has 0 spiro atoms. The molecule has 7 heteroatoms. The molecule has 1 amide bonds. The standard InChI is InChI=1S/C21H24N4O2S/c22-21-25-18(14-28-21)12-20(27)24-17-8-6-15(7-9-17)10-11-23-13-19(26)16-4-2-1-3-5-16/h1-9,14,19,23,26H,10-13H2,(H2,22,25)(H,24,27)/t19-/m1/s1/i1D,2D,3D,4D,5D,10D2,12D2,14D. The Bertz CT molecular complexity index is 1320. The van der Waals surface area contributed by atoms with Gasteiger partial charge >= 0.3 is 0 Å². The van der Waals surface area contributed by atoms with Crippen LogP contribution in [0.5, 0.6) is 0 Å². The van der Waals surface area contributed by atoms with Crippen LogP contribution in [0.1, 0.15) is 36.6 Å². The number of nitrogens with one attached hydrogen (secondary N) is 2. The quantitative estimate of drug-likeness (QED) is 0.438. The minimum atomic E-state index is -2.62. The molecular formula is C21H24N4O2S. The molecule has 0 unspecified atom stereocenters. The number of amides is 1. The Balaban J connectivity index is 1.64. The second kappa shape index (κ2) is 9.98. The molecule has 0 aliphatic rings. The van der Waals surface area contributed by atoms with Gasteiger partial charge < -0.3 is 21.5 Å². The summed E-state index contributed by atoms with van der Waals surface area (Å²) in [5.74, 6) is -1.07. The second-order valence-corrected chi connectivity index (χ2v) is 6.35. The zero-order valence-corrected chi connectivity index (χ0v) is 15.4. The summed E-state index contributed by atoms with van der Waals surface area (Å²) in [7, 11) is 0. The first kappa shape index (κ1) is 10.7. The van der Waals surface area contributed by atoms with Crippen LogP contribution in [0.15, 0.2) is 59.8 Å². The molecule has 1 heterocycles. The fraction of sp³-hybridized carbons (Fsp3) is 0.238. The van der Waals surface area contributed by atoms with Crippen LogP contribution in [0.4, 0.5) is 10.8 Å². The van der Waals surface area contributed by atoms with Gasteiger partial charge in [0, 0.05) is 23.1 Å². The third-order valence-electron chi connectivity index (χ3n) is 3.46. The van der Waals surface area contributed by atoms with Crippen LogP contribution in [-0.4, -0.2) is 29.1 Å². The summed E-state index contributed by atoms with van der Waals surface area (Å²) in [5, 5.41) is 15.2. The van der Waals surface area contributed by atoms with Gasteiger partial charge in [0.1, 0.15) is 0 Å². The lowest BCUT2D eigenvalue weighted by atomic mass is 10.1. The molecule has 0 fully saturated rings. The van der Waals surface area contributed by atoms with Crippen LogP contribution in [0.3, 0.4) is 0 Å². The van der Waals surface area contributed by atoms with Crippen LogP contribution in [0, 0.1) is 0 Å². The summed E-state index contributed by atoms with van der Waals surface area (Å²) in [6.07, 6.45) is -6.07. The average Bonchev–Trinajstić information content (AvgIpc) is 3.20. The molecule has 3 aromatic rings. The highest BCUT2D eigenvalue weighted by Gasteiger charge is 2.08. The highest BCUT2D eigenvalue weighted by Crippen LogP contribution is 2.14. The lowest BCUT2D eigenvalue weighted by Gasteiger charge is -2.12. The number of carbonyl (C=O) groups excluding carboxylic acids is 1. The van der Waals surface area contributed by atoms with Gasteiger partial charge in [-0.2, -0.15) is 0 Å². The first-order valence-electron chi connectivity index (χ1n) is 13.2. The van der Waals surface area contributed by atoms with E-state index in [0.717, 1.165) is 11.3 Å². The Kier molecular flexibility index (Phi) is 3.82. The molecule has 6 nitrogen and oxygen atoms in total. The zero-order chi connectivity index (χ0) is 28.6. The number of aromatic nitrogens is 1. The second-order valence-electron chi connectivity index (χ2n) is 5.52. The molecule has 0 saturated heterocycles. The summed E-state index contributed by atoms with van der Waals surface area (Å²) < 4.78 is 79.3. The highest BCUT2D eigenvalue weighted by atomic mass is 32.1. The number of benzene rings is 2. The van der Waals surface area contributed by atoms with Crippen molar-refractivity contribution in [2.24, 2.45) is 0 Å². The monoisotopic (exact) mass is 406 g/mol. The maximum Gasteiger partial charge on any atom is 0.230 e. The minimum Gasteiger partial charge on any atom is -0.387 e. The van der Waals surface area contributed by atoms with Crippen molar-refractivity contribution in [1.29, 1.82) is 0 Å². The molecule has 1 aromatic heterocycles. The van der Waals surface area contributed by atoms with Gasteiger partial charge in [-0.3, -0.25) is 4.79 Å². The van der Waals surface area contributed by atoms with Crippen LogP contribution >= 0.6 is 11.3 Å². The SMILES string of the molecule is [2H]c1sc(N)nc1C([2H])([2H])C(=O)Nc1ccc(C([2H])([2H])CNC[C@@H](O)c2c([2H])c([2H])c([2H])c([2H])c2[2H])cc1. The van der Waals surface area contributed by atoms with Gasteiger partial charge in [-0.1, -0.05) is 42.3 Å². The minimum absolute atomic E-state index is 0.0392. The van der Waals surface area contributed by atoms with Crippen molar-refractivity contribution in [3.05, 3.63) is 76.7 Å². The normalized spacial score (nSPS) is 18.0. The number of rotatable bonds is 9. The van der Waals surface area contributed by atoms with Crippen molar-refractivity contribution in [2.45, 2.75) is 18.8 Å².